The minimum atomic E-state index is 0. The van der Waals surface area contributed by atoms with Crippen LogP contribution in [0.4, 0.5) is 0 Å². The smallest absolute Gasteiger partial charge is 0.119 e. The van der Waals surface area contributed by atoms with E-state index in [2.05, 4.69) is 47.0 Å². The van der Waals surface area contributed by atoms with Crippen molar-refractivity contribution >= 4 is 24.8 Å². The van der Waals surface area contributed by atoms with Crippen LogP contribution in [0.1, 0.15) is 24.0 Å². The Morgan fingerprint density at radius 2 is 1.56 bits per heavy atom. The third kappa shape index (κ3) is 7.66. The van der Waals surface area contributed by atoms with Crippen LogP contribution in [0.3, 0.4) is 0 Å². The molecule has 1 saturated heterocycles. The molecule has 0 aromatic heterocycles. The second-order valence-electron chi connectivity index (χ2n) is 6.24. The van der Waals surface area contributed by atoms with E-state index < -0.39 is 0 Å². The van der Waals surface area contributed by atoms with Crippen LogP contribution in [-0.4, -0.2) is 19.6 Å². The number of nitrogens with one attached hydrogen (secondary N) is 2. The molecule has 3 nitrogen and oxygen atoms in total. The van der Waals surface area contributed by atoms with Gasteiger partial charge in [0.05, 0.1) is 0 Å². The molecule has 1 aliphatic rings. The lowest BCUT2D eigenvalue weighted by Crippen LogP contribution is -2.33. The molecule has 0 amide bonds. The lowest BCUT2D eigenvalue weighted by atomic mass is 9.98. The van der Waals surface area contributed by atoms with Gasteiger partial charge in [-0.2, -0.15) is 0 Å². The van der Waals surface area contributed by atoms with Gasteiger partial charge in [0.1, 0.15) is 12.4 Å². The molecule has 2 N–H and O–H groups in total. The fourth-order valence-electron chi connectivity index (χ4n) is 2.95. The van der Waals surface area contributed by atoms with E-state index in [9.17, 15) is 0 Å². The second kappa shape index (κ2) is 12.2. The highest BCUT2D eigenvalue weighted by molar-refractivity contribution is 5.85. The van der Waals surface area contributed by atoms with E-state index in [1.54, 1.807) is 0 Å². The summed E-state index contributed by atoms with van der Waals surface area (Å²) in [5.74, 6) is 1.75. The molecule has 25 heavy (non-hydrogen) atoms. The van der Waals surface area contributed by atoms with Gasteiger partial charge < -0.3 is 15.4 Å². The van der Waals surface area contributed by atoms with Crippen LogP contribution in [0.15, 0.2) is 54.6 Å². The van der Waals surface area contributed by atoms with E-state index in [0.717, 1.165) is 24.8 Å². The maximum atomic E-state index is 5.82. The van der Waals surface area contributed by atoms with Gasteiger partial charge in [-0.3, -0.25) is 0 Å². The first kappa shape index (κ1) is 21.8. The fourth-order valence-corrected chi connectivity index (χ4v) is 2.95. The maximum Gasteiger partial charge on any atom is 0.119 e. The van der Waals surface area contributed by atoms with Gasteiger partial charge in [-0.05, 0) is 61.7 Å². The molecule has 2 aromatic carbocycles. The predicted molar refractivity (Wildman–Crippen MR) is 109 cm³/mol. The minimum absolute atomic E-state index is 0. The number of benzene rings is 2. The van der Waals surface area contributed by atoms with Crippen molar-refractivity contribution in [3.05, 3.63) is 65.7 Å². The number of rotatable bonds is 7. The zero-order chi connectivity index (χ0) is 15.7. The molecular formula is C20H28Cl2N2O. The number of ether oxygens (including phenoxy) is 1. The van der Waals surface area contributed by atoms with Gasteiger partial charge in [-0.1, -0.05) is 42.5 Å². The van der Waals surface area contributed by atoms with Gasteiger partial charge in [0.25, 0.3) is 0 Å². The molecule has 3 rings (SSSR count). The van der Waals surface area contributed by atoms with Crippen LogP contribution < -0.4 is 15.4 Å². The molecule has 0 radical (unpaired) electrons. The summed E-state index contributed by atoms with van der Waals surface area (Å²) in [6, 6.07) is 18.7. The molecule has 0 bridgehead atoms. The lowest BCUT2D eigenvalue weighted by Gasteiger charge is -2.22. The molecule has 5 heteroatoms. The van der Waals surface area contributed by atoms with Gasteiger partial charge >= 0.3 is 0 Å². The molecular weight excluding hydrogens is 355 g/mol. The minimum Gasteiger partial charge on any atom is -0.489 e. The van der Waals surface area contributed by atoms with Crippen LogP contribution in [-0.2, 0) is 13.2 Å². The van der Waals surface area contributed by atoms with E-state index in [1.807, 2.05) is 18.2 Å². The van der Waals surface area contributed by atoms with Crippen molar-refractivity contribution in [2.45, 2.75) is 26.0 Å². The fraction of sp³-hybridized carbons (Fsp3) is 0.400. The molecule has 1 aliphatic heterocycles. The van der Waals surface area contributed by atoms with E-state index >= 15 is 0 Å². The standard InChI is InChI=1S/C20H26N2O.2ClH/c1-2-4-19(5-3-1)16-23-20-8-6-17(7-9-20)14-22-15-18-10-12-21-13-11-18;;/h1-9,18,21-22H,10-16H2;2*1H. The number of hydrogen-bond donors (Lipinski definition) is 2. The second-order valence-corrected chi connectivity index (χ2v) is 6.24. The third-order valence-corrected chi connectivity index (χ3v) is 4.39. The number of piperidine rings is 1. The average Bonchev–Trinajstić information content (AvgIpc) is 2.63. The highest BCUT2D eigenvalue weighted by Crippen LogP contribution is 2.15. The van der Waals surface area contributed by atoms with Crippen LogP contribution >= 0.6 is 24.8 Å². The van der Waals surface area contributed by atoms with Crippen molar-refractivity contribution in [1.29, 1.82) is 0 Å². The zero-order valence-corrected chi connectivity index (χ0v) is 16.1. The SMILES string of the molecule is Cl.Cl.c1ccc(COc2ccc(CNCC3CCNCC3)cc2)cc1. The predicted octanol–water partition coefficient (Wildman–Crippen LogP) is 4.20. The Morgan fingerprint density at radius 1 is 0.880 bits per heavy atom. The van der Waals surface area contributed by atoms with E-state index in [1.165, 1.54) is 37.1 Å². The van der Waals surface area contributed by atoms with Crippen molar-refractivity contribution in [2.75, 3.05) is 19.6 Å². The Balaban J connectivity index is 0.00000156. The summed E-state index contributed by atoms with van der Waals surface area (Å²) in [7, 11) is 0. The summed E-state index contributed by atoms with van der Waals surface area (Å²) in [6.07, 6.45) is 2.58. The van der Waals surface area contributed by atoms with E-state index in [0.29, 0.717) is 6.61 Å². The highest BCUT2D eigenvalue weighted by Gasteiger charge is 2.11. The first-order chi connectivity index (χ1) is 11.4. The molecule has 0 atom stereocenters. The van der Waals surface area contributed by atoms with Crippen LogP contribution in [0.25, 0.3) is 0 Å². The van der Waals surface area contributed by atoms with E-state index in [4.69, 9.17) is 4.74 Å². The summed E-state index contributed by atoms with van der Waals surface area (Å²) in [5, 5.41) is 6.99. The third-order valence-electron chi connectivity index (χ3n) is 4.39. The zero-order valence-electron chi connectivity index (χ0n) is 14.4. The van der Waals surface area contributed by atoms with E-state index in [-0.39, 0.29) is 24.8 Å². The number of halogens is 2. The Morgan fingerprint density at radius 3 is 2.24 bits per heavy atom. The van der Waals surface area contributed by atoms with Gasteiger partial charge in [0, 0.05) is 6.54 Å². The average molecular weight is 383 g/mol. The molecule has 0 spiro atoms. The molecule has 0 aliphatic carbocycles. The van der Waals surface area contributed by atoms with Crippen molar-refractivity contribution in [1.82, 2.24) is 10.6 Å². The van der Waals surface area contributed by atoms with Crippen molar-refractivity contribution in [2.24, 2.45) is 5.92 Å². The quantitative estimate of drug-likeness (QED) is 0.752. The first-order valence-electron chi connectivity index (χ1n) is 8.57. The highest BCUT2D eigenvalue weighted by atomic mass is 35.5. The first-order valence-corrected chi connectivity index (χ1v) is 8.57. The Hall–Kier alpha value is -1.26. The van der Waals surface area contributed by atoms with Gasteiger partial charge in [0.15, 0.2) is 0 Å². The summed E-state index contributed by atoms with van der Waals surface area (Å²) in [4.78, 5) is 0. The molecule has 0 unspecified atom stereocenters. The Bertz CT molecular complexity index is 572. The van der Waals surface area contributed by atoms with Crippen molar-refractivity contribution in [3.63, 3.8) is 0 Å². The van der Waals surface area contributed by atoms with Gasteiger partial charge in [-0.15, -0.1) is 24.8 Å². The monoisotopic (exact) mass is 382 g/mol. The summed E-state index contributed by atoms with van der Waals surface area (Å²) in [5.41, 5.74) is 2.51. The number of hydrogen-bond acceptors (Lipinski definition) is 3. The molecule has 1 fully saturated rings. The molecule has 138 valence electrons. The van der Waals surface area contributed by atoms with Crippen LogP contribution in [0, 0.1) is 5.92 Å². The van der Waals surface area contributed by atoms with Crippen LogP contribution in [0.5, 0.6) is 5.75 Å². The van der Waals surface area contributed by atoms with Gasteiger partial charge in [-0.25, -0.2) is 0 Å². The molecule has 0 saturated carbocycles. The molecule has 1 heterocycles. The van der Waals surface area contributed by atoms with Crippen LogP contribution in [0.2, 0.25) is 0 Å². The van der Waals surface area contributed by atoms with Gasteiger partial charge in [0.2, 0.25) is 0 Å². The Kier molecular flexibility index (Phi) is 10.6. The van der Waals surface area contributed by atoms with Crippen molar-refractivity contribution in [3.8, 4) is 5.75 Å². The normalized spacial score (nSPS) is 14.2. The largest absolute Gasteiger partial charge is 0.489 e. The Labute approximate surface area is 163 Å². The topological polar surface area (TPSA) is 33.3 Å². The maximum absolute atomic E-state index is 5.82. The lowest BCUT2D eigenvalue weighted by molar-refractivity contribution is 0.306. The van der Waals surface area contributed by atoms with Crippen molar-refractivity contribution < 1.29 is 4.74 Å². The summed E-state index contributed by atoms with van der Waals surface area (Å²) in [6.45, 7) is 5.00. The summed E-state index contributed by atoms with van der Waals surface area (Å²) >= 11 is 0. The molecule has 2 aromatic rings. The summed E-state index contributed by atoms with van der Waals surface area (Å²) < 4.78 is 5.82.